The van der Waals surface area contributed by atoms with Gasteiger partial charge in [-0.1, -0.05) is 6.92 Å². The van der Waals surface area contributed by atoms with Crippen molar-refractivity contribution in [2.75, 3.05) is 26.2 Å². The highest BCUT2D eigenvalue weighted by molar-refractivity contribution is 5.94. The Bertz CT molecular complexity index is 588. The summed E-state index contributed by atoms with van der Waals surface area (Å²) >= 11 is 0. The van der Waals surface area contributed by atoms with Crippen LogP contribution >= 0.6 is 24.8 Å². The number of hydrogen-bond donors (Lipinski definition) is 2. The van der Waals surface area contributed by atoms with Gasteiger partial charge >= 0.3 is 0 Å². The second kappa shape index (κ2) is 10.7. The van der Waals surface area contributed by atoms with Gasteiger partial charge in [0, 0.05) is 43.6 Å². The number of hydrogen-bond acceptors (Lipinski definition) is 4. The number of piperidine rings is 2. The summed E-state index contributed by atoms with van der Waals surface area (Å²) in [6, 6.07) is 3.64. The van der Waals surface area contributed by atoms with Crippen LogP contribution in [-0.2, 0) is 4.79 Å². The number of nitrogens with one attached hydrogen (secondary N) is 2. The second-order valence-corrected chi connectivity index (χ2v) is 6.91. The van der Waals surface area contributed by atoms with Crippen LogP contribution in [-0.4, -0.2) is 53.9 Å². The predicted molar refractivity (Wildman–Crippen MR) is 106 cm³/mol. The summed E-state index contributed by atoms with van der Waals surface area (Å²) in [5.41, 5.74) is 0.635. The molecule has 1 aromatic heterocycles. The molecule has 3 heterocycles. The summed E-state index contributed by atoms with van der Waals surface area (Å²) in [7, 11) is 0. The molecule has 0 bridgehead atoms. The maximum Gasteiger partial charge on any atom is 0.253 e. The van der Waals surface area contributed by atoms with E-state index >= 15 is 0 Å². The lowest BCUT2D eigenvalue weighted by Crippen LogP contribution is -2.53. The first-order chi connectivity index (χ1) is 11.6. The Balaban J connectivity index is 0.00000169. The zero-order chi connectivity index (χ0) is 16.9. The number of likely N-dealkylation sites (tertiary alicyclic amines) is 1. The fraction of sp³-hybridized carbons (Fsp3) is 0.611. The first-order valence-electron chi connectivity index (χ1n) is 8.85. The molecule has 6 nitrogen and oxygen atoms in total. The van der Waals surface area contributed by atoms with Crippen LogP contribution in [0.4, 0.5) is 0 Å². The summed E-state index contributed by atoms with van der Waals surface area (Å²) in [4.78, 5) is 30.9. The van der Waals surface area contributed by atoms with Gasteiger partial charge in [-0.05, 0) is 43.9 Å². The van der Waals surface area contributed by atoms with Crippen LogP contribution in [0.2, 0.25) is 0 Å². The minimum absolute atomic E-state index is 0. The fourth-order valence-corrected chi connectivity index (χ4v) is 3.54. The summed E-state index contributed by atoms with van der Waals surface area (Å²) in [6.07, 6.45) is 6.05. The molecule has 3 rings (SSSR count). The van der Waals surface area contributed by atoms with Crippen LogP contribution in [0, 0.1) is 11.8 Å². The van der Waals surface area contributed by atoms with Gasteiger partial charge in [0.25, 0.3) is 5.91 Å². The van der Waals surface area contributed by atoms with Crippen LogP contribution < -0.4 is 10.6 Å². The lowest BCUT2D eigenvalue weighted by molar-refractivity contribution is -0.127. The zero-order valence-corrected chi connectivity index (χ0v) is 16.7. The average Bonchev–Trinajstić information content (AvgIpc) is 2.64. The van der Waals surface area contributed by atoms with Crippen molar-refractivity contribution < 1.29 is 9.59 Å². The number of amides is 2. The van der Waals surface area contributed by atoms with Crippen molar-refractivity contribution in [1.82, 2.24) is 20.5 Å². The molecule has 0 aromatic carbocycles. The van der Waals surface area contributed by atoms with Crippen molar-refractivity contribution in [3.05, 3.63) is 30.1 Å². The fourth-order valence-electron chi connectivity index (χ4n) is 3.54. The quantitative estimate of drug-likeness (QED) is 0.809. The molecule has 1 aromatic rings. The predicted octanol–water partition coefficient (Wildman–Crippen LogP) is 1.89. The molecule has 0 aliphatic carbocycles. The van der Waals surface area contributed by atoms with E-state index in [1.807, 2.05) is 0 Å². The van der Waals surface area contributed by atoms with E-state index in [1.165, 1.54) is 0 Å². The van der Waals surface area contributed by atoms with Crippen LogP contribution in [0.3, 0.4) is 0 Å². The summed E-state index contributed by atoms with van der Waals surface area (Å²) in [5.74, 6) is 0.456. The Morgan fingerprint density at radius 3 is 2.65 bits per heavy atom. The highest BCUT2D eigenvalue weighted by Crippen LogP contribution is 2.20. The molecular weight excluding hydrogens is 375 g/mol. The molecule has 26 heavy (non-hydrogen) atoms. The van der Waals surface area contributed by atoms with Gasteiger partial charge in [0.1, 0.15) is 0 Å². The topological polar surface area (TPSA) is 74.3 Å². The van der Waals surface area contributed by atoms with Crippen LogP contribution in [0.1, 0.15) is 36.5 Å². The molecule has 146 valence electrons. The van der Waals surface area contributed by atoms with E-state index in [4.69, 9.17) is 0 Å². The van der Waals surface area contributed by atoms with Gasteiger partial charge in [-0.25, -0.2) is 0 Å². The van der Waals surface area contributed by atoms with E-state index in [-0.39, 0.29) is 48.6 Å². The first kappa shape index (κ1) is 22.7. The minimum atomic E-state index is -0.112. The minimum Gasteiger partial charge on any atom is -0.352 e. The Morgan fingerprint density at radius 1 is 1.23 bits per heavy atom. The van der Waals surface area contributed by atoms with Gasteiger partial charge < -0.3 is 15.5 Å². The summed E-state index contributed by atoms with van der Waals surface area (Å²) in [6.45, 7) is 5.25. The lowest BCUT2D eigenvalue weighted by Gasteiger charge is -2.35. The molecule has 0 spiro atoms. The van der Waals surface area contributed by atoms with Gasteiger partial charge in [-0.2, -0.15) is 0 Å². The third-order valence-electron chi connectivity index (χ3n) is 5.16. The lowest BCUT2D eigenvalue weighted by atomic mass is 9.92. The van der Waals surface area contributed by atoms with Gasteiger partial charge in [0.05, 0.1) is 5.92 Å². The number of halogens is 2. The Hall–Kier alpha value is -1.37. The molecule has 3 atom stereocenters. The molecule has 2 fully saturated rings. The van der Waals surface area contributed by atoms with Crippen molar-refractivity contribution in [3.63, 3.8) is 0 Å². The normalized spacial score (nSPS) is 25.4. The number of rotatable bonds is 3. The standard InChI is InChI=1S/C18H26N4O2.2ClH/c1-13-4-7-20-11-16(13)21-17(23)15-3-2-10-22(12-15)18(24)14-5-8-19-9-6-14;;/h5-6,8-9,13,15-16,20H,2-4,7,10-12H2,1H3,(H,21,23);2*1H. The number of aromatic nitrogens is 1. The largest absolute Gasteiger partial charge is 0.352 e. The van der Waals surface area contributed by atoms with E-state index in [0.717, 1.165) is 32.4 Å². The highest BCUT2D eigenvalue weighted by Gasteiger charge is 2.31. The van der Waals surface area contributed by atoms with Crippen molar-refractivity contribution >= 4 is 36.6 Å². The monoisotopic (exact) mass is 402 g/mol. The third kappa shape index (κ3) is 5.56. The Kier molecular flexibility index (Phi) is 9.33. The van der Waals surface area contributed by atoms with Crippen LogP contribution in [0.15, 0.2) is 24.5 Å². The molecule has 2 amide bonds. The van der Waals surface area contributed by atoms with E-state index < -0.39 is 0 Å². The number of carbonyl (C=O) groups is 2. The molecule has 2 saturated heterocycles. The molecule has 2 aliphatic rings. The number of nitrogens with zero attached hydrogens (tertiary/aromatic N) is 2. The Morgan fingerprint density at radius 2 is 1.96 bits per heavy atom. The SMILES string of the molecule is CC1CCNCC1NC(=O)C1CCCN(C(=O)c2ccncc2)C1.Cl.Cl. The third-order valence-corrected chi connectivity index (χ3v) is 5.16. The summed E-state index contributed by atoms with van der Waals surface area (Å²) in [5, 5.41) is 6.53. The molecule has 0 radical (unpaired) electrons. The molecular formula is C18H28Cl2N4O2. The second-order valence-electron chi connectivity index (χ2n) is 6.91. The maximum absolute atomic E-state index is 12.6. The van der Waals surface area contributed by atoms with E-state index in [1.54, 1.807) is 29.4 Å². The maximum atomic E-state index is 12.6. The van der Waals surface area contributed by atoms with Crippen molar-refractivity contribution in [3.8, 4) is 0 Å². The molecule has 8 heteroatoms. The van der Waals surface area contributed by atoms with Gasteiger partial charge in [0.2, 0.25) is 5.91 Å². The molecule has 2 aliphatic heterocycles. The number of pyridine rings is 1. The van der Waals surface area contributed by atoms with Crippen LogP contribution in [0.25, 0.3) is 0 Å². The average molecular weight is 403 g/mol. The van der Waals surface area contributed by atoms with Crippen LogP contribution in [0.5, 0.6) is 0 Å². The Labute approximate surface area is 167 Å². The first-order valence-corrected chi connectivity index (χ1v) is 8.85. The highest BCUT2D eigenvalue weighted by atomic mass is 35.5. The smallest absolute Gasteiger partial charge is 0.253 e. The van der Waals surface area contributed by atoms with Crippen molar-refractivity contribution in [2.24, 2.45) is 11.8 Å². The zero-order valence-electron chi connectivity index (χ0n) is 15.0. The molecule has 0 saturated carbocycles. The van der Waals surface area contributed by atoms with E-state index in [9.17, 15) is 9.59 Å². The number of carbonyl (C=O) groups excluding carboxylic acids is 2. The van der Waals surface area contributed by atoms with E-state index in [0.29, 0.717) is 24.6 Å². The van der Waals surface area contributed by atoms with Gasteiger partial charge in [0.15, 0.2) is 0 Å². The van der Waals surface area contributed by atoms with E-state index in [2.05, 4.69) is 22.5 Å². The van der Waals surface area contributed by atoms with Crippen molar-refractivity contribution in [2.45, 2.75) is 32.2 Å². The van der Waals surface area contributed by atoms with Gasteiger partial charge in [-0.15, -0.1) is 24.8 Å². The molecule has 2 N–H and O–H groups in total. The van der Waals surface area contributed by atoms with Gasteiger partial charge in [-0.3, -0.25) is 14.6 Å². The summed E-state index contributed by atoms with van der Waals surface area (Å²) < 4.78 is 0. The van der Waals surface area contributed by atoms with Crippen molar-refractivity contribution in [1.29, 1.82) is 0 Å². The molecule has 3 unspecified atom stereocenters.